The van der Waals surface area contributed by atoms with Crippen molar-refractivity contribution in [2.75, 3.05) is 19.6 Å². The van der Waals surface area contributed by atoms with Crippen LogP contribution >= 0.6 is 0 Å². The summed E-state index contributed by atoms with van der Waals surface area (Å²) in [5.41, 5.74) is 0.643. The lowest BCUT2D eigenvalue weighted by Crippen LogP contribution is -2.47. The van der Waals surface area contributed by atoms with Gasteiger partial charge in [-0.15, -0.1) is 0 Å². The lowest BCUT2D eigenvalue weighted by Gasteiger charge is -2.35. The number of halogens is 2. The molecule has 8 heteroatoms. The number of nitriles is 1. The molecule has 0 bridgehead atoms. The number of piperidine rings is 1. The Morgan fingerprint density at radius 1 is 1.07 bits per heavy atom. The van der Waals surface area contributed by atoms with Gasteiger partial charge in [0.05, 0.1) is 23.1 Å². The maximum Gasteiger partial charge on any atom is 0.217 e. The second-order valence-electron chi connectivity index (χ2n) is 6.73. The van der Waals surface area contributed by atoms with E-state index in [0.29, 0.717) is 11.1 Å². The number of alkyl halides is 1. The van der Waals surface area contributed by atoms with Gasteiger partial charge in [-0.3, -0.25) is 9.69 Å². The Bertz CT molecular complexity index is 1000. The van der Waals surface area contributed by atoms with E-state index < -0.39 is 20.7 Å². The highest BCUT2D eigenvalue weighted by Gasteiger charge is 2.47. The quantitative estimate of drug-likeness (QED) is 0.716. The monoisotopic (exact) mass is 404 g/mol. The van der Waals surface area contributed by atoms with Crippen LogP contribution in [0.2, 0.25) is 0 Å². The van der Waals surface area contributed by atoms with Crippen LogP contribution in [-0.2, 0) is 9.84 Å². The van der Waals surface area contributed by atoms with E-state index in [1.54, 1.807) is 4.90 Å². The van der Waals surface area contributed by atoms with Gasteiger partial charge in [0, 0.05) is 31.5 Å². The van der Waals surface area contributed by atoms with Crippen molar-refractivity contribution in [1.29, 1.82) is 5.26 Å². The summed E-state index contributed by atoms with van der Waals surface area (Å²) >= 11 is 0. The van der Waals surface area contributed by atoms with E-state index in [1.165, 1.54) is 48.5 Å². The van der Waals surface area contributed by atoms with E-state index in [0.717, 1.165) is 0 Å². The number of hydrogen-bond donors (Lipinski definition) is 0. The number of rotatable bonds is 5. The molecule has 0 unspecified atom stereocenters. The van der Waals surface area contributed by atoms with Crippen molar-refractivity contribution in [1.82, 2.24) is 4.90 Å². The summed E-state index contributed by atoms with van der Waals surface area (Å²) in [6.07, 6.45) is -0.516. The topological polar surface area (TPSA) is 78.2 Å². The SMILES string of the molecule is N#Cc1ccc(S(=O)(=O)C2(F)CCN(CC(=O)c3ccc(F)cc3)CC2)cc1. The molecule has 28 heavy (non-hydrogen) atoms. The van der Waals surface area contributed by atoms with Crippen LogP contribution in [0.3, 0.4) is 0 Å². The highest BCUT2D eigenvalue weighted by Crippen LogP contribution is 2.36. The molecule has 146 valence electrons. The normalized spacial score (nSPS) is 17.0. The first-order valence-corrected chi connectivity index (χ1v) is 10.2. The molecule has 3 rings (SSSR count). The zero-order chi connectivity index (χ0) is 20.4. The van der Waals surface area contributed by atoms with Gasteiger partial charge in [-0.1, -0.05) is 0 Å². The Kier molecular flexibility index (Phi) is 5.59. The van der Waals surface area contributed by atoms with Gasteiger partial charge < -0.3 is 0 Å². The average molecular weight is 404 g/mol. The number of benzene rings is 2. The molecule has 0 saturated carbocycles. The second-order valence-corrected chi connectivity index (χ2v) is 8.94. The van der Waals surface area contributed by atoms with E-state index in [9.17, 15) is 17.6 Å². The minimum Gasteiger partial charge on any atom is -0.295 e. The highest BCUT2D eigenvalue weighted by atomic mass is 32.2. The fourth-order valence-electron chi connectivity index (χ4n) is 3.16. The van der Waals surface area contributed by atoms with Crippen molar-refractivity contribution in [3.63, 3.8) is 0 Å². The van der Waals surface area contributed by atoms with E-state index in [-0.39, 0.29) is 43.2 Å². The smallest absolute Gasteiger partial charge is 0.217 e. The zero-order valence-electron chi connectivity index (χ0n) is 14.9. The Morgan fingerprint density at radius 3 is 2.18 bits per heavy atom. The first kappa shape index (κ1) is 20.1. The summed E-state index contributed by atoms with van der Waals surface area (Å²) in [5.74, 6) is -0.675. The molecule has 0 spiro atoms. The lowest BCUT2D eigenvalue weighted by molar-refractivity contribution is 0.0833. The van der Waals surface area contributed by atoms with Gasteiger partial charge in [0.2, 0.25) is 14.8 Å². The Morgan fingerprint density at radius 2 is 1.64 bits per heavy atom. The van der Waals surface area contributed by atoms with Gasteiger partial charge in [-0.25, -0.2) is 17.2 Å². The molecule has 0 radical (unpaired) electrons. The predicted molar refractivity (Wildman–Crippen MR) is 98.6 cm³/mol. The summed E-state index contributed by atoms with van der Waals surface area (Å²) in [7, 11) is -4.22. The number of likely N-dealkylation sites (tertiary alicyclic amines) is 1. The number of nitrogens with zero attached hydrogens (tertiary/aromatic N) is 2. The zero-order valence-corrected chi connectivity index (χ0v) is 15.8. The van der Waals surface area contributed by atoms with Gasteiger partial charge in [0.1, 0.15) is 5.82 Å². The van der Waals surface area contributed by atoms with Crippen LogP contribution in [0.4, 0.5) is 8.78 Å². The summed E-state index contributed by atoms with van der Waals surface area (Å²) in [5, 5.41) is 6.38. The van der Waals surface area contributed by atoms with Crippen molar-refractivity contribution in [3.8, 4) is 6.07 Å². The summed E-state index contributed by atoms with van der Waals surface area (Å²) < 4.78 is 53.7. The van der Waals surface area contributed by atoms with Crippen molar-refractivity contribution < 1.29 is 22.0 Å². The first-order chi connectivity index (χ1) is 13.2. The van der Waals surface area contributed by atoms with Gasteiger partial charge in [0.15, 0.2) is 5.78 Å². The Balaban J connectivity index is 1.66. The summed E-state index contributed by atoms with van der Waals surface area (Å²) in [4.78, 5) is 13.8. The maximum absolute atomic E-state index is 15.3. The molecule has 2 aromatic rings. The molecule has 2 aromatic carbocycles. The van der Waals surface area contributed by atoms with Crippen molar-refractivity contribution in [2.45, 2.75) is 22.7 Å². The van der Waals surface area contributed by atoms with E-state index in [4.69, 9.17) is 5.26 Å². The Labute approximate surface area is 162 Å². The van der Waals surface area contributed by atoms with Crippen molar-refractivity contribution in [2.24, 2.45) is 0 Å². The number of Topliss-reactive ketones (excluding diaryl/α,β-unsaturated/α-hetero) is 1. The first-order valence-electron chi connectivity index (χ1n) is 8.70. The fourth-order valence-corrected chi connectivity index (χ4v) is 4.80. The summed E-state index contributed by atoms with van der Waals surface area (Å²) in [6.45, 7) is 0.233. The molecular formula is C20H18F2N2O3S. The van der Waals surface area contributed by atoms with Crippen LogP contribution in [0, 0.1) is 17.1 Å². The van der Waals surface area contributed by atoms with Crippen LogP contribution in [0.5, 0.6) is 0 Å². The second kappa shape index (κ2) is 7.78. The number of hydrogen-bond acceptors (Lipinski definition) is 5. The molecule has 1 saturated heterocycles. The average Bonchev–Trinajstić information content (AvgIpc) is 2.70. The van der Waals surface area contributed by atoms with Crippen LogP contribution in [0.25, 0.3) is 0 Å². The molecule has 1 aliphatic heterocycles. The predicted octanol–water partition coefficient (Wildman–Crippen LogP) is 3.12. The molecule has 1 heterocycles. The highest BCUT2D eigenvalue weighted by molar-refractivity contribution is 7.92. The van der Waals surface area contributed by atoms with E-state index in [2.05, 4.69) is 0 Å². The molecule has 1 fully saturated rings. The van der Waals surface area contributed by atoms with Crippen LogP contribution in [0.1, 0.15) is 28.8 Å². The van der Waals surface area contributed by atoms with Crippen LogP contribution < -0.4 is 0 Å². The number of carbonyl (C=O) groups is 1. The van der Waals surface area contributed by atoms with Gasteiger partial charge in [-0.05, 0) is 48.5 Å². The minimum atomic E-state index is -4.22. The molecule has 1 aliphatic rings. The number of carbonyl (C=O) groups excluding carboxylic acids is 1. The van der Waals surface area contributed by atoms with E-state index in [1.807, 2.05) is 6.07 Å². The van der Waals surface area contributed by atoms with Crippen molar-refractivity contribution in [3.05, 3.63) is 65.5 Å². The van der Waals surface area contributed by atoms with Crippen molar-refractivity contribution >= 4 is 15.6 Å². The minimum absolute atomic E-state index is 0.0125. The lowest BCUT2D eigenvalue weighted by atomic mass is 10.1. The Hall–Kier alpha value is -2.63. The van der Waals surface area contributed by atoms with Gasteiger partial charge >= 0.3 is 0 Å². The molecule has 0 atom stereocenters. The fraction of sp³-hybridized carbons (Fsp3) is 0.300. The third-order valence-electron chi connectivity index (χ3n) is 4.91. The largest absolute Gasteiger partial charge is 0.295 e. The summed E-state index contributed by atoms with van der Waals surface area (Å²) in [6, 6.07) is 12.2. The third-order valence-corrected chi connectivity index (χ3v) is 7.18. The number of sulfone groups is 1. The van der Waals surface area contributed by atoms with Crippen LogP contribution in [0.15, 0.2) is 53.4 Å². The van der Waals surface area contributed by atoms with Gasteiger partial charge in [-0.2, -0.15) is 5.26 Å². The third kappa shape index (κ3) is 3.96. The van der Waals surface area contributed by atoms with E-state index >= 15 is 4.39 Å². The number of ketones is 1. The molecule has 0 N–H and O–H groups in total. The standard InChI is InChI=1S/C20H18F2N2O3S/c21-17-5-3-16(4-6-17)19(25)14-24-11-9-20(22,10-12-24)28(26,27)18-7-1-15(13-23)2-8-18/h1-8H,9-12,14H2. The van der Waals surface area contributed by atoms with Gasteiger partial charge in [0.25, 0.3) is 0 Å². The van der Waals surface area contributed by atoms with Crippen LogP contribution in [-0.4, -0.2) is 43.7 Å². The molecule has 0 aliphatic carbocycles. The molecule has 0 amide bonds. The molecular weight excluding hydrogens is 386 g/mol. The molecule has 0 aromatic heterocycles. The maximum atomic E-state index is 15.3. The molecule has 5 nitrogen and oxygen atoms in total.